The normalized spacial score (nSPS) is 38.1. The summed E-state index contributed by atoms with van der Waals surface area (Å²) < 4.78 is 30.1. The molecule has 2 bridgehead atoms. The minimum Gasteiger partial charge on any atom is -0.497 e. The molecule has 6 heterocycles. The molecule has 356 valence electrons. The highest BCUT2D eigenvalue weighted by atomic mass is 16.6. The maximum Gasteiger partial charge on any atom is 0.344 e. The zero-order valence-corrected chi connectivity index (χ0v) is 40.3. The third-order valence-corrected chi connectivity index (χ3v) is 17.9. The standard InChI is InChI=1S/C53H66BN3O10/c1-9-49(61)27-32-28-52(47(59)65-7,43-36(17-21-56(29-32)30-49)37-24-34(15-16-40(37)54-43)33-13-11-14-35(23-33)63-5)39-25-38-41(26-42(39)64-6)55(4)45-51(38)19-22-57-20-12-18-50(10-2,44(51)57)46(67-31(3)58)53(45,62)48(60)66-8/h11-16,18,23-26,32,39,42,44-46,54,61-62H,9-10,17,19-22,27-30H2,1-8H3/t32-,39?,42?,44+,45-,46-,49+,50-,51-,52+,53+/m1/s1. The van der Waals surface area contributed by atoms with E-state index < -0.39 is 63.6 Å². The maximum absolute atomic E-state index is 15.7. The van der Waals surface area contributed by atoms with Crippen molar-refractivity contribution >= 4 is 36.2 Å². The summed E-state index contributed by atoms with van der Waals surface area (Å²) in [7, 11) is 8.54. The topological polar surface area (TPSA) is 148 Å². The van der Waals surface area contributed by atoms with Gasteiger partial charge in [0.2, 0.25) is 5.60 Å². The van der Waals surface area contributed by atoms with Gasteiger partial charge in [-0.05, 0) is 103 Å². The Bertz CT molecular complexity index is 2520. The van der Waals surface area contributed by atoms with Gasteiger partial charge < -0.3 is 38.8 Å². The molecule has 1 spiro atoms. The summed E-state index contributed by atoms with van der Waals surface area (Å²) in [5.74, 6) is -1.71. The SMILES string of the molecule is CC[C@]1(O)C[C@H]2CN(CCC3=C(Bc4ccc(-c5cccc(OC)c5)cc43)[C@@](C(=O)OC)(C3C=C4C(=CC3OC)N(C)[C@H]3[C@@](O)(C(=O)OC)[C@H](OC(C)=O)[C@]5(CC)C=CCN6CC[C@]43[C@@H]65)C2)C1. The molecule has 10 rings (SSSR count). The molecule has 3 unspecified atom stereocenters. The van der Waals surface area contributed by atoms with Crippen LogP contribution in [-0.2, 0) is 33.3 Å². The number of nitrogens with zero attached hydrogens (tertiary/aromatic N) is 3. The van der Waals surface area contributed by atoms with Crippen molar-refractivity contribution in [3.63, 3.8) is 0 Å². The summed E-state index contributed by atoms with van der Waals surface area (Å²) in [4.78, 5) is 50.2. The molecule has 0 amide bonds. The quantitative estimate of drug-likeness (QED) is 0.161. The van der Waals surface area contributed by atoms with E-state index in [0.717, 1.165) is 63.3 Å². The molecule has 2 N–H and O–H groups in total. The van der Waals surface area contributed by atoms with Crippen LogP contribution in [0.2, 0.25) is 0 Å². The second-order valence-electron chi connectivity index (χ2n) is 20.8. The van der Waals surface area contributed by atoms with Crippen LogP contribution in [0.15, 0.2) is 83.5 Å². The van der Waals surface area contributed by atoms with Crippen LogP contribution >= 0.6 is 0 Å². The van der Waals surface area contributed by atoms with Crippen molar-refractivity contribution in [1.82, 2.24) is 14.7 Å². The van der Waals surface area contributed by atoms with Crippen molar-refractivity contribution < 1.29 is 48.3 Å². The first kappa shape index (κ1) is 46.0. The van der Waals surface area contributed by atoms with Crippen molar-refractivity contribution in [3.05, 3.63) is 89.1 Å². The summed E-state index contributed by atoms with van der Waals surface area (Å²) >= 11 is 0. The van der Waals surface area contributed by atoms with Crippen LogP contribution < -0.4 is 10.2 Å². The first-order valence-electron chi connectivity index (χ1n) is 24.3. The Morgan fingerprint density at radius 1 is 0.910 bits per heavy atom. The van der Waals surface area contributed by atoms with Gasteiger partial charge in [0.15, 0.2) is 13.4 Å². The highest BCUT2D eigenvalue weighted by molar-refractivity contribution is 6.67. The Labute approximate surface area is 395 Å². The van der Waals surface area contributed by atoms with Gasteiger partial charge in [0.25, 0.3) is 0 Å². The van der Waals surface area contributed by atoms with Crippen LogP contribution in [0.1, 0.15) is 64.9 Å². The minimum atomic E-state index is -2.30. The van der Waals surface area contributed by atoms with Gasteiger partial charge >= 0.3 is 17.9 Å². The Morgan fingerprint density at radius 3 is 2.39 bits per heavy atom. The van der Waals surface area contributed by atoms with Crippen LogP contribution in [-0.4, -0.2) is 154 Å². The monoisotopic (exact) mass is 915 g/mol. The van der Waals surface area contributed by atoms with Crippen LogP contribution in [0.5, 0.6) is 5.75 Å². The third-order valence-electron chi connectivity index (χ3n) is 17.9. The average molecular weight is 916 g/mol. The Morgan fingerprint density at radius 2 is 1.69 bits per heavy atom. The van der Waals surface area contributed by atoms with E-state index in [-0.39, 0.29) is 17.9 Å². The summed E-state index contributed by atoms with van der Waals surface area (Å²) in [5.41, 5.74) is 1.85. The fourth-order valence-electron chi connectivity index (χ4n) is 15.4. The number of rotatable bonds is 9. The van der Waals surface area contributed by atoms with E-state index in [1.807, 2.05) is 44.0 Å². The lowest BCUT2D eigenvalue weighted by Crippen LogP contribution is -2.79. The number of piperidine rings is 1. The van der Waals surface area contributed by atoms with E-state index in [1.54, 1.807) is 14.2 Å². The second kappa shape index (κ2) is 16.5. The fraction of sp³-hybridized carbons (Fsp3) is 0.566. The first-order chi connectivity index (χ1) is 32.1. The van der Waals surface area contributed by atoms with Gasteiger partial charge in [-0.3, -0.25) is 19.4 Å². The second-order valence-corrected chi connectivity index (χ2v) is 20.8. The van der Waals surface area contributed by atoms with E-state index in [4.69, 9.17) is 23.7 Å². The molecule has 14 heteroatoms. The van der Waals surface area contributed by atoms with Gasteiger partial charge in [-0.25, -0.2) is 4.79 Å². The van der Waals surface area contributed by atoms with Gasteiger partial charge in [-0.15, -0.1) is 0 Å². The number of ether oxygens (including phenoxy) is 5. The van der Waals surface area contributed by atoms with E-state index in [1.165, 1.54) is 21.1 Å². The smallest absolute Gasteiger partial charge is 0.344 e. The summed E-state index contributed by atoms with van der Waals surface area (Å²) in [6.07, 6.45) is 9.85. The Balaban J connectivity index is 1.23. The zero-order chi connectivity index (χ0) is 47.4. The number of hydrogen-bond acceptors (Lipinski definition) is 13. The molecular weight excluding hydrogens is 849 g/mol. The van der Waals surface area contributed by atoms with Crippen LogP contribution in [0.4, 0.5) is 0 Å². The minimum absolute atomic E-state index is 0.0686. The molecule has 1 saturated carbocycles. The predicted octanol–water partition coefficient (Wildman–Crippen LogP) is 4.21. The van der Waals surface area contributed by atoms with Gasteiger partial charge in [-0.2, -0.15) is 0 Å². The van der Waals surface area contributed by atoms with E-state index in [0.29, 0.717) is 65.4 Å². The number of likely N-dealkylation sites (N-methyl/N-ethyl adjacent to an activating group) is 1. The number of carbonyl (C=O) groups is 3. The number of carbonyl (C=O) groups excluding carboxylic acids is 3. The van der Waals surface area contributed by atoms with Crippen LogP contribution in [0.3, 0.4) is 0 Å². The first-order valence-corrected chi connectivity index (χ1v) is 24.3. The van der Waals surface area contributed by atoms with Gasteiger partial charge in [0.1, 0.15) is 5.75 Å². The van der Waals surface area contributed by atoms with Crippen molar-refractivity contribution in [2.24, 2.45) is 28.1 Å². The molecule has 67 heavy (non-hydrogen) atoms. The summed E-state index contributed by atoms with van der Waals surface area (Å²) in [6, 6.07) is 13.5. The molecule has 6 aliphatic heterocycles. The van der Waals surface area contributed by atoms with Crippen LogP contribution in [0, 0.1) is 28.1 Å². The van der Waals surface area contributed by atoms with Crippen molar-refractivity contribution in [3.8, 4) is 16.9 Å². The van der Waals surface area contributed by atoms with Crippen molar-refractivity contribution in [2.75, 3.05) is 68.2 Å². The number of allylic oxidation sites excluding steroid dienone is 1. The molecular formula is C53H66BN3O10. The number of benzene rings is 2. The molecule has 2 aromatic carbocycles. The number of fused-ring (bicyclic) bond motifs is 5. The van der Waals surface area contributed by atoms with E-state index in [2.05, 4.69) is 58.4 Å². The summed E-state index contributed by atoms with van der Waals surface area (Å²) in [5, 5.41) is 25.7. The maximum atomic E-state index is 15.7. The molecule has 4 fully saturated rings. The van der Waals surface area contributed by atoms with Gasteiger partial charge in [0.05, 0.1) is 44.5 Å². The van der Waals surface area contributed by atoms with Gasteiger partial charge in [-0.1, -0.05) is 67.3 Å². The molecule has 13 nitrogen and oxygen atoms in total. The molecule has 3 saturated heterocycles. The molecule has 12 atom stereocenters. The highest BCUT2D eigenvalue weighted by Crippen LogP contribution is 2.70. The number of aliphatic hydroxyl groups is 2. The zero-order valence-electron chi connectivity index (χ0n) is 40.3. The lowest BCUT2D eigenvalue weighted by Gasteiger charge is -2.63. The van der Waals surface area contributed by atoms with Gasteiger partial charge in [0, 0.05) is 75.7 Å². The highest BCUT2D eigenvalue weighted by Gasteiger charge is 2.81. The molecule has 8 aliphatic rings. The summed E-state index contributed by atoms with van der Waals surface area (Å²) in [6.45, 7) is 8.72. The number of hydrogen-bond donors (Lipinski definition) is 2. The molecule has 2 aromatic rings. The van der Waals surface area contributed by atoms with E-state index in [9.17, 15) is 19.8 Å². The largest absolute Gasteiger partial charge is 0.497 e. The molecule has 0 aromatic heterocycles. The average Bonchev–Trinajstić information content (AvgIpc) is 4.00. The van der Waals surface area contributed by atoms with Crippen molar-refractivity contribution in [1.29, 1.82) is 0 Å². The van der Waals surface area contributed by atoms with Crippen LogP contribution in [0.25, 0.3) is 16.7 Å². The lowest BCUT2D eigenvalue weighted by atomic mass is 9.46. The Kier molecular flexibility index (Phi) is 11.3. The fourth-order valence-corrected chi connectivity index (χ4v) is 15.4. The molecule has 0 radical (unpaired) electrons. The Hall–Kier alpha value is -4.73. The molecule has 2 aliphatic carbocycles. The number of methoxy groups -OCH3 is 4. The lowest BCUT2D eigenvalue weighted by molar-refractivity contribution is -0.243. The number of esters is 3. The van der Waals surface area contributed by atoms with E-state index >= 15 is 4.79 Å². The third kappa shape index (κ3) is 6.41. The predicted molar refractivity (Wildman–Crippen MR) is 254 cm³/mol. The van der Waals surface area contributed by atoms with Crippen molar-refractivity contribution in [2.45, 2.75) is 94.8 Å². The number of likely N-dealkylation sites (tertiary alicyclic amines) is 1.